The number of nitrogens with zero attached hydrogens (tertiary/aromatic N) is 4. The van der Waals surface area contributed by atoms with Gasteiger partial charge in [0.25, 0.3) is 0 Å². The highest BCUT2D eigenvalue weighted by molar-refractivity contribution is 5.82. The molecule has 0 aliphatic rings. The number of rotatable bonds is 2. The van der Waals surface area contributed by atoms with Crippen LogP contribution in [0.5, 0.6) is 5.88 Å². The highest BCUT2D eigenvalue weighted by Crippen LogP contribution is 2.20. The summed E-state index contributed by atoms with van der Waals surface area (Å²) >= 11 is 0. The van der Waals surface area contributed by atoms with Crippen molar-refractivity contribution in [1.29, 1.82) is 0 Å². The highest BCUT2D eigenvalue weighted by atomic mass is 16.3. The van der Waals surface area contributed by atoms with Gasteiger partial charge in [-0.05, 0) is 32.4 Å². The molecule has 0 fully saturated rings. The lowest BCUT2D eigenvalue weighted by Gasteiger charge is -2.08. The number of aromatic hydroxyl groups is 1. The van der Waals surface area contributed by atoms with E-state index in [9.17, 15) is 5.11 Å². The SMILES string of the molecule is Cc1ccc2c(C)nc(Nc3nc(C)cc(O)n3)nc2c1. The molecule has 106 valence electrons. The maximum Gasteiger partial charge on any atom is 0.233 e. The van der Waals surface area contributed by atoms with Crippen LogP contribution in [0.1, 0.15) is 17.0 Å². The summed E-state index contributed by atoms with van der Waals surface area (Å²) in [7, 11) is 0. The molecule has 1 aromatic carbocycles. The molecule has 0 atom stereocenters. The van der Waals surface area contributed by atoms with Crippen molar-refractivity contribution in [2.24, 2.45) is 0 Å². The monoisotopic (exact) mass is 281 g/mol. The molecule has 0 unspecified atom stereocenters. The summed E-state index contributed by atoms with van der Waals surface area (Å²) in [6.07, 6.45) is 0. The first-order chi connectivity index (χ1) is 10.0. The van der Waals surface area contributed by atoms with Gasteiger partial charge in [-0.15, -0.1) is 0 Å². The summed E-state index contributed by atoms with van der Waals surface area (Å²) in [5, 5.41) is 13.4. The molecule has 3 aromatic rings. The number of aromatic nitrogens is 4. The van der Waals surface area contributed by atoms with Gasteiger partial charge in [-0.2, -0.15) is 4.98 Å². The van der Waals surface area contributed by atoms with Gasteiger partial charge in [0, 0.05) is 17.1 Å². The molecule has 0 aliphatic carbocycles. The van der Waals surface area contributed by atoms with Gasteiger partial charge >= 0.3 is 0 Å². The van der Waals surface area contributed by atoms with Crippen LogP contribution in [-0.2, 0) is 0 Å². The van der Waals surface area contributed by atoms with E-state index in [1.807, 2.05) is 32.0 Å². The molecule has 2 heterocycles. The molecule has 0 saturated carbocycles. The first-order valence-corrected chi connectivity index (χ1v) is 6.58. The zero-order valence-electron chi connectivity index (χ0n) is 12.0. The van der Waals surface area contributed by atoms with Crippen molar-refractivity contribution < 1.29 is 5.11 Å². The lowest BCUT2D eigenvalue weighted by molar-refractivity contribution is 0.452. The van der Waals surface area contributed by atoms with Crippen LogP contribution in [0.4, 0.5) is 11.9 Å². The molecule has 0 spiro atoms. The van der Waals surface area contributed by atoms with Crippen LogP contribution in [0.15, 0.2) is 24.3 Å². The molecule has 6 heteroatoms. The largest absolute Gasteiger partial charge is 0.493 e. The van der Waals surface area contributed by atoms with Crippen molar-refractivity contribution in [2.75, 3.05) is 5.32 Å². The minimum atomic E-state index is -0.0849. The number of benzene rings is 1. The summed E-state index contributed by atoms with van der Waals surface area (Å²) in [6.45, 7) is 5.73. The van der Waals surface area contributed by atoms with Gasteiger partial charge in [-0.1, -0.05) is 12.1 Å². The van der Waals surface area contributed by atoms with Gasteiger partial charge in [0.15, 0.2) is 0 Å². The lowest BCUT2D eigenvalue weighted by Crippen LogP contribution is -2.03. The van der Waals surface area contributed by atoms with Crippen molar-refractivity contribution in [2.45, 2.75) is 20.8 Å². The summed E-state index contributed by atoms with van der Waals surface area (Å²) in [5.41, 5.74) is 3.54. The zero-order valence-corrected chi connectivity index (χ0v) is 12.0. The quantitative estimate of drug-likeness (QED) is 0.751. The number of nitrogens with one attached hydrogen (secondary N) is 1. The maximum absolute atomic E-state index is 9.50. The molecule has 0 amide bonds. The number of aryl methyl sites for hydroxylation is 3. The van der Waals surface area contributed by atoms with Crippen molar-refractivity contribution in [3.05, 3.63) is 41.2 Å². The molecule has 2 N–H and O–H groups in total. The van der Waals surface area contributed by atoms with E-state index >= 15 is 0 Å². The van der Waals surface area contributed by atoms with Crippen molar-refractivity contribution in [3.63, 3.8) is 0 Å². The summed E-state index contributed by atoms with van der Waals surface area (Å²) in [4.78, 5) is 17.0. The Kier molecular flexibility index (Phi) is 3.13. The van der Waals surface area contributed by atoms with E-state index in [4.69, 9.17) is 0 Å². The van der Waals surface area contributed by atoms with Crippen molar-refractivity contribution in [1.82, 2.24) is 19.9 Å². The Hall–Kier alpha value is -2.76. The molecule has 0 saturated heterocycles. The Morgan fingerprint density at radius 1 is 0.905 bits per heavy atom. The number of anilines is 2. The predicted molar refractivity (Wildman–Crippen MR) is 80.7 cm³/mol. The van der Waals surface area contributed by atoms with Crippen LogP contribution in [0.25, 0.3) is 10.9 Å². The second kappa shape index (κ2) is 4.97. The number of hydrogen-bond donors (Lipinski definition) is 2. The smallest absolute Gasteiger partial charge is 0.233 e. The Morgan fingerprint density at radius 2 is 1.67 bits per heavy atom. The predicted octanol–water partition coefficient (Wildman–Crippen LogP) is 2.79. The normalized spacial score (nSPS) is 10.8. The third kappa shape index (κ3) is 2.74. The van der Waals surface area contributed by atoms with Crippen LogP contribution in [-0.4, -0.2) is 25.0 Å². The molecular formula is C15H15N5O. The molecule has 21 heavy (non-hydrogen) atoms. The van der Waals surface area contributed by atoms with E-state index in [1.54, 1.807) is 6.92 Å². The van der Waals surface area contributed by atoms with E-state index < -0.39 is 0 Å². The van der Waals surface area contributed by atoms with E-state index in [2.05, 4.69) is 25.3 Å². The molecule has 6 nitrogen and oxygen atoms in total. The third-order valence-electron chi connectivity index (χ3n) is 3.11. The lowest BCUT2D eigenvalue weighted by atomic mass is 10.1. The molecule has 2 aromatic heterocycles. The first kappa shape index (κ1) is 13.2. The molecule has 0 bridgehead atoms. The van der Waals surface area contributed by atoms with Crippen LogP contribution >= 0.6 is 0 Å². The van der Waals surface area contributed by atoms with E-state index in [1.165, 1.54) is 6.07 Å². The Labute approximate surface area is 121 Å². The average Bonchev–Trinajstić information content (AvgIpc) is 2.36. The third-order valence-corrected chi connectivity index (χ3v) is 3.11. The molecule has 0 radical (unpaired) electrons. The van der Waals surface area contributed by atoms with Gasteiger partial charge in [-0.25, -0.2) is 15.0 Å². The van der Waals surface area contributed by atoms with Crippen molar-refractivity contribution >= 4 is 22.8 Å². The van der Waals surface area contributed by atoms with Crippen LogP contribution in [0, 0.1) is 20.8 Å². The maximum atomic E-state index is 9.50. The Bertz CT molecular complexity index is 811. The summed E-state index contributed by atoms with van der Waals surface area (Å²) in [5.74, 6) is 0.604. The van der Waals surface area contributed by atoms with Crippen LogP contribution in [0.3, 0.4) is 0 Å². The minimum absolute atomic E-state index is 0.0849. The van der Waals surface area contributed by atoms with Crippen LogP contribution < -0.4 is 5.32 Å². The zero-order chi connectivity index (χ0) is 15.0. The van der Waals surface area contributed by atoms with Gasteiger partial charge in [0.05, 0.1) is 11.2 Å². The first-order valence-electron chi connectivity index (χ1n) is 6.58. The molecule has 0 aliphatic heterocycles. The fraction of sp³-hybridized carbons (Fsp3) is 0.200. The fourth-order valence-corrected chi connectivity index (χ4v) is 2.16. The molecule has 3 rings (SSSR count). The average molecular weight is 281 g/mol. The van der Waals surface area contributed by atoms with Crippen molar-refractivity contribution in [3.8, 4) is 5.88 Å². The Morgan fingerprint density at radius 3 is 2.43 bits per heavy atom. The second-order valence-electron chi connectivity index (χ2n) is 4.97. The highest BCUT2D eigenvalue weighted by Gasteiger charge is 2.07. The van der Waals surface area contributed by atoms with Gasteiger partial charge in [0.1, 0.15) is 0 Å². The van der Waals surface area contributed by atoms with Gasteiger partial charge < -0.3 is 5.11 Å². The van der Waals surface area contributed by atoms with E-state index in [-0.39, 0.29) is 11.8 Å². The second-order valence-corrected chi connectivity index (χ2v) is 4.97. The standard InChI is InChI=1S/C15H15N5O/c1-8-4-5-11-10(3)17-15(18-12(11)6-8)20-14-16-9(2)7-13(21)19-14/h4-7H,1-3H3,(H2,16,17,18,19,20,21). The van der Waals surface area contributed by atoms with E-state index in [0.717, 1.165) is 22.2 Å². The van der Waals surface area contributed by atoms with Crippen LogP contribution in [0.2, 0.25) is 0 Å². The molecular weight excluding hydrogens is 266 g/mol. The van der Waals surface area contributed by atoms with Gasteiger partial charge in [0.2, 0.25) is 17.8 Å². The Balaban J connectivity index is 2.04. The summed E-state index contributed by atoms with van der Waals surface area (Å²) in [6, 6.07) is 7.54. The van der Waals surface area contributed by atoms with Gasteiger partial charge in [-0.3, -0.25) is 5.32 Å². The summed E-state index contributed by atoms with van der Waals surface area (Å²) < 4.78 is 0. The number of fused-ring (bicyclic) bond motifs is 1. The minimum Gasteiger partial charge on any atom is -0.493 e. The fourth-order valence-electron chi connectivity index (χ4n) is 2.16. The number of hydrogen-bond acceptors (Lipinski definition) is 6. The van der Waals surface area contributed by atoms with E-state index in [0.29, 0.717) is 11.6 Å². The topological polar surface area (TPSA) is 83.8 Å².